The van der Waals surface area contributed by atoms with Crippen LogP contribution < -0.4 is 5.32 Å². The number of likely N-dealkylation sites (N-methyl/N-ethyl adjacent to an activating group) is 1. The lowest BCUT2D eigenvalue weighted by Crippen LogP contribution is -2.31. The number of benzene rings is 3. The van der Waals surface area contributed by atoms with Gasteiger partial charge >= 0.3 is 0 Å². The first-order chi connectivity index (χ1) is 11.2. The normalized spacial score (nSPS) is 10.5. The van der Waals surface area contributed by atoms with Crippen LogP contribution in [0.1, 0.15) is 5.56 Å². The van der Waals surface area contributed by atoms with E-state index in [1.807, 2.05) is 61.6 Å². The molecule has 1 amide bonds. The molecule has 0 fully saturated rings. The Bertz CT molecular complexity index is 794. The third-order valence-corrected chi connectivity index (χ3v) is 3.91. The van der Waals surface area contributed by atoms with Crippen molar-refractivity contribution < 1.29 is 4.79 Å². The Labute approximate surface area is 136 Å². The molecule has 0 saturated carbocycles. The van der Waals surface area contributed by atoms with E-state index in [1.165, 1.54) is 5.39 Å². The van der Waals surface area contributed by atoms with Crippen molar-refractivity contribution in [2.24, 2.45) is 0 Å². The maximum Gasteiger partial charge on any atom is 0.241 e. The summed E-state index contributed by atoms with van der Waals surface area (Å²) in [6.45, 7) is 0.911. The maximum absolute atomic E-state index is 12.3. The fourth-order valence-electron chi connectivity index (χ4n) is 2.63. The molecule has 3 nitrogen and oxygen atoms in total. The van der Waals surface area contributed by atoms with Crippen LogP contribution in [-0.4, -0.2) is 24.4 Å². The summed E-state index contributed by atoms with van der Waals surface area (Å²) >= 11 is 0. The fourth-order valence-corrected chi connectivity index (χ4v) is 2.63. The molecule has 0 bridgehead atoms. The lowest BCUT2D eigenvalue weighted by atomic mass is 10.1. The third kappa shape index (κ3) is 3.69. The summed E-state index contributed by atoms with van der Waals surface area (Å²) in [5.41, 5.74) is 2.12. The standard InChI is InChI=1S/C20H20N2O/c1-22(15-16-8-3-2-4-9-16)20(23)14-21-19-13-7-11-17-10-5-6-12-18(17)19/h2-13,21H,14-15H2,1H3. The van der Waals surface area contributed by atoms with E-state index in [0.717, 1.165) is 16.6 Å². The van der Waals surface area contributed by atoms with Gasteiger partial charge < -0.3 is 10.2 Å². The Morgan fingerprint density at radius 2 is 1.61 bits per heavy atom. The van der Waals surface area contributed by atoms with E-state index in [-0.39, 0.29) is 12.5 Å². The molecule has 1 N–H and O–H groups in total. The highest BCUT2D eigenvalue weighted by atomic mass is 16.2. The van der Waals surface area contributed by atoms with Gasteiger partial charge in [-0.25, -0.2) is 0 Å². The van der Waals surface area contributed by atoms with E-state index in [2.05, 4.69) is 23.5 Å². The Kier molecular flexibility index (Phi) is 4.57. The number of nitrogens with zero attached hydrogens (tertiary/aromatic N) is 1. The molecule has 23 heavy (non-hydrogen) atoms. The smallest absolute Gasteiger partial charge is 0.241 e. The van der Waals surface area contributed by atoms with Gasteiger partial charge in [0.05, 0.1) is 6.54 Å². The molecule has 3 heteroatoms. The minimum Gasteiger partial charge on any atom is -0.376 e. The van der Waals surface area contributed by atoms with Crippen molar-refractivity contribution >= 4 is 22.4 Å². The molecular weight excluding hydrogens is 284 g/mol. The number of carbonyl (C=O) groups excluding carboxylic acids is 1. The second-order valence-corrected chi connectivity index (χ2v) is 5.62. The van der Waals surface area contributed by atoms with Crippen LogP contribution in [0.3, 0.4) is 0 Å². The third-order valence-electron chi connectivity index (χ3n) is 3.91. The molecule has 0 radical (unpaired) electrons. The maximum atomic E-state index is 12.3. The zero-order chi connectivity index (χ0) is 16.1. The molecule has 0 spiro atoms. The van der Waals surface area contributed by atoms with Crippen LogP contribution >= 0.6 is 0 Å². The number of rotatable bonds is 5. The minimum atomic E-state index is 0.0711. The van der Waals surface area contributed by atoms with Crippen LogP contribution in [0, 0.1) is 0 Å². The molecular formula is C20H20N2O. The molecule has 116 valence electrons. The van der Waals surface area contributed by atoms with Gasteiger partial charge in [0, 0.05) is 24.7 Å². The number of fused-ring (bicyclic) bond motifs is 1. The van der Waals surface area contributed by atoms with Gasteiger partial charge in [0.15, 0.2) is 0 Å². The summed E-state index contributed by atoms with van der Waals surface area (Å²) in [5.74, 6) is 0.0711. The molecule has 0 aliphatic carbocycles. The van der Waals surface area contributed by atoms with Crippen LogP contribution in [0.15, 0.2) is 72.8 Å². The van der Waals surface area contributed by atoms with Crippen molar-refractivity contribution in [3.05, 3.63) is 78.4 Å². The van der Waals surface area contributed by atoms with Crippen LogP contribution in [0.5, 0.6) is 0 Å². The molecule has 0 heterocycles. The fraction of sp³-hybridized carbons (Fsp3) is 0.150. The summed E-state index contributed by atoms with van der Waals surface area (Å²) in [6, 6.07) is 24.3. The van der Waals surface area contributed by atoms with E-state index in [9.17, 15) is 4.79 Å². The number of carbonyl (C=O) groups is 1. The van der Waals surface area contributed by atoms with Crippen molar-refractivity contribution in [1.82, 2.24) is 4.90 Å². The highest BCUT2D eigenvalue weighted by molar-refractivity contribution is 5.95. The monoisotopic (exact) mass is 304 g/mol. The number of nitrogens with one attached hydrogen (secondary N) is 1. The zero-order valence-electron chi connectivity index (χ0n) is 13.2. The molecule has 0 saturated heterocycles. The summed E-state index contributed by atoms with van der Waals surface area (Å²) < 4.78 is 0. The predicted molar refractivity (Wildman–Crippen MR) is 95.4 cm³/mol. The summed E-state index contributed by atoms with van der Waals surface area (Å²) in [6.07, 6.45) is 0. The molecule has 0 aromatic heterocycles. The van der Waals surface area contributed by atoms with E-state index < -0.39 is 0 Å². The molecule has 0 aliphatic rings. The lowest BCUT2D eigenvalue weighted by Gasteiger charge is -2.18. The average Bonchev–Trinajstić information content (AvgIpc) is 2.60. The van der Waals surface area contributed by atoms with Crippen molar-refractivity contribution in [3.8, 4) is 0 Å². The van der Waals surface area contributed by atoms with Crippen molar-refractivity contribution in [2.45, 2.75) is 6.54 Å². The second kappa shape index (κ2) is 6.97. The van der Waals surface area contributed by atoms with Gasteiger partial charge in [-0.3, -0.25) is 4.79 Å². The topological polar surface area (TPSA) is 32.3 Å². The number of anilines is 1. The van der Waals surface area contributed by atoms with Crippen LogP contribution in [0.25, 0.3) is 10.8 Å². The molecule has 3 aromatic carbocycles. The summed E-state index contributed by atoms with van der Waals surface area (Å²) in [5, 5.41) is 5.56. The van der Waals surface area contributed by atoms with Gasteiger partial charge in [-0.05, 0) is 17.0 Å². The number of amides is 1. The number of hydrogen-bond acceptors (Lipinski definition) is 2. The van der Waals surface area contributed by atoms with E-state index >= 15 is 0 Å². The SMILES string of the molecule is CN(Cc1ccccc1)C(=O)CNc1cccc2ccccc12. The Morgan fingerprint density at radius 1 is 0.913 bits per heavy atom. The van der Waals surface area contributed by atoms with Crippen LogP contribution in [-0.2, 0) is 11.3 Å². The van der Waals surface area contributed by atoms with E-state index in [0.29, 0.717) is 6.54 Å². The van der Waals surface area contributed by atoms with Gasteiger partial charge in [0.25, 0.3) is 0 Å². The second-order valence-electron chi connectivity index (χ2n) is 5.62. The van der Waals surface area contributed by atoms with Crippen LogP contribution in [0.2, 0.25) is 0 Å². The summed E-state index contributed by atoms with van der Waals surface area (Å²) in [7, 11) is 1.83. The molecule has 0 atom stereocenters. The van der Waals surface area contributed by atoms with E-state index in [4.69, 9.17) is 0 Å². The predicted octanol–water partition coefficient (Wildman–Crippen LogP) is 3.91. The van der Waals surface area contributed by atoms with Gasteiger partial charge in [-0.15, -0.1) is 0 Å². The molecule has 3 aromatic rings. The first-order valence-corrected chi connectivity index (χ1v) is 7.73. The first-order valence-electron chi connectivity index (χ1n) is 7.73. The number of hydrogen-bond donors (Lipinski definition) is 1. The van der Waals surface area contributed by atoms with Crippen molar-refractivity contribution in [3.63, 3.8) is 0 Å². The van der Waals surface area contributed by atoms with E-state index in [1.54, 1.807) is 4.90 Å². The van der Waals surface area contributed by atoms with Crippen LogP contribution in [0.4, 0.5) is 5.69 Å². The highest BCUT2D eigenvalue weighted by Gasteiger charge is 2.09. The largest absolute Gasteiger partial charge is 0.376 e. The molecule has 0 unspecified atom stereocenters. The lowest BCUT2D eigenvalue weighted by molar-refractivity contribution is -0.128. The molecule has 0 aliphatic heterocycles. The van der Waals surface area contributed by atoms with Gasteiger partial charge in [0.1, 0.15) is 0 Å². The van der Waals surface area contributed by atoms with Gasteiger partial charge in [-0.2, -0.15) is 0 Å². The first kappa shape index (κ1) is 15.1. The Morgan fingerprint density at radius 3 is 2.43 bits per heavy atom. The summed E-state index contributed by atoms with van der Waals surface area (Å²) in [4.78, 5) is 14.1. The van der Waals surface area contributed by atoms with Crippen molar-refractivity contribution in [1.29, 1.82) is 0 Å². The molecule has 3 rings (SSSR count). The quantitative estimate of drug-likeness (QED) is 0.775. The zero-order valence-corrected chi connectivity index (χ0v) is 13.2. The van der Waals surface area contributed by atoms with Gasteiger partial charge in [-0.1, -0.05) is 66.7 Å². The minimum absolute atomic E-state index is 0.0711. The highest BCUT2D eigenvalue weighted by Crippen LogP contribution is 2.22. The van der Waals surface area contributed by atoms with Gasteiger partial charge in [0.2, 0.25) is 5.91 Å². The Balaban J connectivity index is 1.64. The van der Waals surface area contributed by atoms with Crippen molar-refractivity contribution in [2.75, 3.05) is 18.9 Å². The Hall–Kier alpha value is -2.81. The average molecular weight is 304 g/mol.